The van der Waals surface area contributed by atoms with Crippen LogP contribution in [0.1, 0.15) is 12.0 Å². The Morgan fingerprint density at radius 1 is 1.14 bits per heavy atom. The standard InChI is InChI=1S/C21H22N4O3S/c1-24(29(27,28)19-9-7-17(15-22)8-10-19)16-21(26)23-12-4-13-25-14-11-18-5-2-3-6-20(18)25/h2-3,5-11,14H,4,12-13,16H2,1H3,(H,23,26). The molecule has 0 atom stereocenters. The van der Waals surface area contributed by atoms with Gasteiger partial charge in [-0.25, -0.2) is 8.42 Å². The normalized spacial score (nSPS) is 11.5. The van der Waals surface area contributed by atoms with Crippen molar-refractivity contribution in [2.24, 2.45) is 0 Å². The molecule has 3 aromatic rings. The maximum Gasteiger partial charge on any atom is 0.243 e. The Bertz CT molecular complexity index is 1140. The molecular weight excluding hydrogens is 388 g/mol. The largest absolute Gasteiger partial charge is 0.355 e. The van der Waals surface area contributed by atoms with E-state index >= 15 is 0 Å². The lowest BCUT2D eigenvalue weighted by atomic mass is 10.2. The number of nitrogens with one attached hydrogen (secondary N) is 1. The summed E-state index contributed by atoms with van der Waals surface area (Å²) in [4.78, 5) is 12.2. The predicted octanol–water partition coefficient (Wildman–Crippen LogP) is 2.34. The third-order valence-corrected chi connectivity index (χ3v) is 6.45. The van der Waals surface area contributed by atoms with Gasteiger partial charge in [0.25, 0.3) is 0 Å². The zero-order valence-electron chi connectivity index (χ0n) is 16.1. The minimum Gasteiger partial charge on any atom is -0.355 e. The van der Waals surface area contributed by atoms with Crippen LogP contribution >= 0.6 is 0 Å². The van der Waals surface area contributed by atoms with E-state index in [9.17, 15) is 13.2 Å². The Hall–Kier alpha value is -3.15. The fourth-order valence-electron chi connectivity index (χ4n) is 3.04. The first-order valence-corrected chi connectivity index (χ1v) is 10.6. The van der Waals surface area contributed by atoms with Crippen LogP contribution in [0.25, 0.3) is 10.9 Å². The monoisotopic (exact) mass is 410 g/mol. The van der Waals surface area contributed by atoms with Crippen LogP contribution in [-0.4, -0.2) is 43.3 Å². The van der Waals surface area contributed by atoms with Gasteiger partial charge in [-0.15, -0.1) is 0 Å². The van der Waals surface area contributed by atoms with Crippen molar-refractivity contribution < 1.29 is 13.2 Å². The van der Waals surface area contributed by atoms with Gasteiger partial charge in [-0.05, 0) is 48.2 Å². The number of hydrogen-bond donors (Lipinski definition) is 1. The molecule has 0 unspecified atom stereocenters. The van der Waals surface area contributed by atoms with Crippen LogP contribution < -0.4 is 5.32 Å². The van der Waals surface area contributed by atoms with Crippen LogP contribution in [0.5, 0.6) is 0 Å². The molecule has 0 aliphatic rings. The van der Waals surface area contributed by atoms with Crippen LogP contribution in [0.15, 0.2) is 65.7 Å². The van der Waals surface area contributed by atoms with E-state index in [1.54, 1.807) is 0 Å². The molecule has 0 saturated heterocycles. The summed E-state index contributed by atoms with van der Waals surface area (Å²) in [5.41, 5.74) is 1.52. The third-order valence-electron chi connectivity index (χ3n) is 4.64. The van der Waals surface area contributed by atoms with Gasteiger partial charge in [0.15, 0.2) is 0 Å². The van der Waals surface area contributed by atoms with Crippen molar-refractivity contribution in [1.82, 2.24) is 14.2 Å². The Kier molecular flexibility index (Phi) is 6.32. The molecule has 3 rings (SSSR count). The van der Waals surface area contributed by atoms with Gasteiger partial charge in [-0.2, -0.15) is 9.57 Å². The molecule has 0 fully saturated rings. The molecule has 2 aromatic carbocycles. The van der Waals surface area contributed by atoms with E-state index < -0.39 is 10.0 Å². The van der Waals surface area contributed by atoms with Crippen LogP contribution in [0, 0.1) is 11.3 Å². The Morgan fingerprint density at radius 3 is 2.59 bits per heavy atom. The summed E-state index contributed by atoms with van der Waals surface area (Å²) in [7, 11) is -2.43. The molecule has 0 radical (unpaired) electrons. The van der Waals surface area contributed by atoms with Crippen molar-refractivity contribution in [3.8, 4) is 6.07 Å². The minimum absolute atomic E-state index is 0.0475. The average Bonchev–Trinajstić information content (AvgIpc) is 3.14. The van der Waals surface area contributed by atoms with E-state index in [0.717, 1.165) is 22.8 Å². The molecule has 1 amide bonds. The highest BCUT2D eigenvalue weighted by Gasteiger charge is 2.22. The fourth-order valence-corrected chi connectivity index (χ4v) is 4.16. The summed E-state index contributed by atoms with van der Waals surface area (Å²) in [6, 6.07) is 17.7. The van der Waals surface area contributed by atoms with Gasteiger partial charge in [0, 0.05) is 31.9 Å². The molecule has 8 heteroatoms. The molecule has 0 aliphatic carbocycles. The van der Waals surface area contributed by atoms with E-state index in [2.05, 4.69) is 28.1 Å². The number of amides is 1. The number of nitriles is 1. The van der Waals surface area contributed by atoms with E-state index in [1.165, 1.54) is 36.7 Å². The van der Waals surface area contributed by atoms with Gasteiger partial charge < -0.3 is 9.88 Å². The van der Waals surface area contributed by atoms with Crippen LogP contribution in [0.2, 0.25) is 0 Å². The molecule has 1 heterocycles. The van der Waals surface area contributed by atoms with E-state index in [4.69, 9.17) is 5.26 Å². The summed E-state index contributed by atoms with van der Waals surface area (Å²) in [6.07, 6.45) is 2.75. The van der Waals surface area contributed by atoms with Crippen LogP contribution in [0.4, 0.5) is 0 Å². The maximum atomic E-state index is 12.5. The number of sulfonamides is 1. The molecule has 0 saturated carbocycles. The van der Waals surface area contributed by atoms with Gasteiger partial charge in [0.2, 0.25) is 15.9 Å². The second-order valence-corrected chi connectivity index (χ2v) is 8.71. The number of aromatic nitrogens is 1. The summed E-state index contributed by atoms with van der Waals surface area (Å²) in [6.45, 7) is 0.943. The molecule has 29 heavy (non-hydrogen) atoms. The number of para-hydroxylation sites is 1. The maximum absolute atomic E-state index is 12.5. The number of fused-ring (bicyclic) bond motifs is 1. The van der Waals surface area contributed by atoms with Crippen LogP contribution in [0.3, 0.4) is 0 Å². The lowest BCUT2D eigenvalue weighted by Gasteiger charge is -2.17. The highest BCUT2D eigenvalue weighted by Crippen LogP contribution is 2.16. The van der Waals surface area contributed by atoms with Gasteiger partial charge in [-0.1, -0.05) is 18.2 Å². The van der Waals surface area contributed by atoms with Gasteiger partial charge in [0.1, 0.15) is 0 Å². The Balaban J connectivity index is 1.49. The van der Waals surface area contributed by atoms with Crippen molar-refractivity contribution in [2.45, 2.75) is 17.9 Å². The third kappa shape index (κ3) is 4.83. The van der Waals surface area contributed by atoms with Crippen molar-refractivity contribution >= 4 is 26.8 Å². The fraction of sp³-hybridized carbons (Fsp3) is 0.238. The molecule has 0 aliphatic heterocycles. The zero-order valence-corrected chi connectivity index (χ0v) is 16.9. The minimum atomic E-state index is -3.79. The topological polar surface area (TPSA) is 95.2 Å². The zero-order chi connectivity index (χ0) is 20.9. The lowest BCUT2D eigenvalue weighted by Crippen LogP contribution is -2.38. The van der Waals surface area contributed by atoms with Gasteiger partial charge in [0.05, 0.1) is 23.1 Å². The quantitative estimate of drug-likeness (QED) is 0.577. The molecule has 150 valence electrons. The molecule has 0 spiro atoms. The van der Waals surface area contributed by atoms with E-state index in [0.29, 0.717) is 12.1 Å². The molecule has 1 N–H and O–H groups in total. The highest BCUT2D eigenvalue weighted by molar-refractivity contribution is 7.89. The molecular formula is C21H22N4O3S. The number of nitrogens with zero attached hydrogens (tertiary/aromatic N) is 3. The molecule has 0 bridgehead atoms. The first-order chi connectivity index (χ1) is 13.9. The van der Waals surface area contributed by atoms with E-state index in [1.807, 2.05) is 24.4 Å². The molecule has 1 aromatic heterocycles. The Labute approximate surface area is 170 Å². The summed E-state index contributed by atoms with van der Waals surface area (Å²) in [5.74, 6) is -0.359. The highest BCUT2D eigenvalue weighted by atomic mass is 32.2. The second-order valence-electron chi connectivity index (χ2n) is 6.67. The summed E-state index contributed by atoms with van der Waals surface area (Å²) in [5, 5.41) is 12.7. The average molecular weight is 410 g/mol. The van der Waals surface area contributed by atoms with Crippen molar-refractivity contribution in [3.05, 3.63) is 66.4 Å². The number of hydrogen-bond acceptors (Lipinski definition) is 4. The van der Waals surface area contributed by atoms with Gasteiger partial charge >= 0.3 is 0 Å². The van der Waals surface area contributed by atoms with Crippen LogP contribution in [-0.2, 0) is 21.4 Å². The van der Waals surface area contributed by atoms with Crippen molar-refractivity contribution in [3.63, 3.8) is 0 Å². The van der Waals surface area contributed by atoms with Crippen molar-refractivity contribution in [1.29, 1.82) is 5.26 Å². The number of aryl methyl sites for hydroxylation is 1. The second kappa shape index (κ2) is 8.90. The Morgan fingerprint density at radius 2 is 1.86 bits per heavy atom. The smallest absolute Gasteiger partial charge is 0.243 e. The number of likely N-dealkylation sites (N-methyl/N-ethyl adjacent to an activating group) is 1. The van der Waals surface area contributed by atoms with Gasteiger partial charge in [-0.3, -0.25) is 4.79 Å². The SMILES string of the molecule is CN(CC(=O)NCCCn1ccc2ccccc21)S(=O)(=O)c1ccc(C#N)cc1. The lowest BCUT2D eigenvalue weighted by molar-refractivity contribution is -0.121. The number of carbonyl (C=O) groups is 1. The molecule has 7 nitrogen and oxygen atoms in total. The number of carbonyl (C=O) groups excluding carboxylic acids is 1. The summed E-state index contributed by atoms with van der Waals surface area (Å²) >= 11 is 0. The number of rotatable bonds is 8. The van der Waals surface area contributed by atoms with E-state index in [-0.39, 0.29) is 17.3 Å². The number of benzene rings is 2. The predicted molar refractivity (Wildman–Crippen MR) is 111 cm³/mol. The first kappa shape index (κ1) is 20.6. The first-order valence-electron chi connectivity index (χ1n) is 9.19. The van der Waals surface area contributed by atoms with Crippen molar-refractivity contribution in [2.75, 3.05) is 20.1 Å². The summed E-state index contributed by atoms with van der Waals surface area (Å²) < 4.78 is 28.2.